The largest absolute Gasteiger partial charge is 0.379 e. The summed E-state index contributed by atoms with van der Waals surface area (Å²) in [4.78, 5) is 0. The Bertz CT molecular complexity index is 364. The maximum Gasteiger partial charge on any atom is 0.0704 e. The van der Waals surface area contributed by atoms with Crippen LogP contribution in [0.1, 0.15) is 110 Å². The third-order valence-corrected chi connectivity index (χ3v) is 5.87. The lowest BCUT2D eigenvalue weighted by Crippen LogP contribution is -2.13. The second-order valence-corrected chi connectivity index (χ2v) is 9.12. The maximum absolute atomic E-state index is 5.65. The van der Waals surface area contributed by atoms with Crippen molar-refractivity contribution in [3.8, 4) is 0 Å². The molecule has 0 aromatic heterocycles. The summed E-state index contributed by atoms with van der Waals surface area (Å²) in [5.41, 5.74) is 0. The number of ether oxygens (including phenoxy) is 5. The van der Waals surface area contributed by atoms with Gasteiger partial charge in [0, 0.05) is 6.61 Å². The van der Waals surface area contributed by atoms with E-state index in [0.29, 0.717) is 59.5 Å². The van der Waals surface area contributed by atoms with Crippen molar-refractivity contribution in [1.82, 2.24) is 0 Å². The van der Waals surface area contributed by atoms with Crippen LogP contribution >= 0.6 is 0 Å². The Morgan fingerprint density at radius 2 is 0.676 bits per heavy atom. The monoisotopic (exact) mass is 486 g/mol. The molecule has 0 radical (unpaired) electrons. The van der Waals surface area contributed by atoms with E-state index in [-0.39, 0.29) is 0 Å². The van der Waals surface area contributed by atoms with Gasteiger partial charge in [0.15, 0.2) is 0 Å². The SMILES string of the molecule is C=CCOCCOCCOCCOCCOCCCCCCCCCCCCCCCCCC. The van der Waals surface area contributed by atoms with Crippen LogP contribution in [0.4, 0.5) is 0 Å². The van der Waals surface area contributed by atoms with Crippen molar-refractivity contribution in [2.45, 2.75) is 110 Å². The molecule has 0 fully saturated rings. The zero-order chi connectivity index (χ0) is 24.6. The van der Waals surface area contributed by atoms with Crippen LogP contribution in [0.3, 0.4) is 0 Å². The molecule has 5 heteroatoms. The van der Waals surface area contributed by atoms with Crippen molar-refractivity contribution in [3.63, 3.8) is 0 Å². The Labute approximate surface area is 212 Å². The summed E-state index contributed by atoms with van der Waals surface area (Å²) >= 11 is 0. The molecule has 204 valence electrons. The van der Waals surface area contributed by atoms with Gasteiger partial charge >= 0.3 is 0 Å². The lowest BCUT2D eigenvalue weighted by Gasteiger charge is -2.07. The third-order valence-electron chi connectivity index (χ3n) is 5.87. The first-order chi connectivity index (χ1) is 16.9. The molecule has 0 saturated carbocycles. The minimum absolute atomic E-state index is 0.570. The average molecular weight is 487 g/mol. The molecule has 0 heterocycles. The van der Waals surface area contributed by atoms with E-state index >= 15 is 0 Å². The maximum atomic E-state index is 5.65. The molecule has 0 aliphatic carbocycles. The number of hydrogen-bond acceptors (Lipinski definition) is 5. The van der Waals surface area contributed by atoms with Gasteiger partial charge in [-0.25, -0.2) is 0 Å². The molecule has 5 nitrogen and oxygen atoms in total. The molecule has 0 spiro atoms. The standard InChI is InChI=1S/C29H58O5/c1-3-5-6-7-8-9-10-11-12-13-14-15-16-17-18-19-21-31-23-25-33-27-29-34-28-26-32-24-22-30-20-4-2/h4H,2-3,5-29H2,1H3. The van der Waals surface area contributed by atoms with E-state index in [4.69, 9.17) is 23.7 Å². The second kappa shape index (κ2) is 32.5. The van der Waals surface area contributed by atoms with E-state index < -0.39 is 0 Å². The molecule has 0 amide bonds. The molecule has 0 N–H and O–H groups in total. The Morgan fingerprint density at radius 3 is 1.03 bits per heavy atom. The van der Waals surface area contributed by atoms with Gasteiger partial charge in [-0.05, 0) is 6.42 Å². The van der Waals surface area contributed by atoms with Crippen molar-refractivity contribution in [1.29, 1.82) is 0 Å². The van der Waals surface area contributed by atoms with Gasteiger partial charge in [-0.15, -0.1) is 6.58 Å². The summed E-state index contributed by atoms with van der Waals surface area (Å²) in [5.74, 6) is 0. The van der Waals surface area contributed by atoms with Crippen LogP contribution in [0.5, 0.6) is 0 Å². The van der Waals surface area contributed by atoms with Gasteiger partial charge in [-0.2, -0.15) is 0 Å². The Kier molecular flexibility index (Phi) is 32.1. The molecule has 0 rings (SSSR count). The zero-order valence-electron chi connectivity index (χ0n) is 22.7. The highest BCUT2D eigenvalue weighted by Gasteiger charge is 1.96. The van der Waals surface area contributed by atoms with Crippen LogP contribution in [0.2, 0.25) is 0 Å². The number of unbranched alkanes of at least 4 members (excludes halogenated alkanes) is 15. The fraction of sp³-hybridized carbons (Fsp3) is 0.931. The van der Waals surface area contributed by atoms with Gasteiger partial charge in [0.2, 0.25) is 0 Å². The molecule has 0 bridgehead atoms. The lowest BCUT2D eigenvalue weighted by molar-refractivity contribution is -0.00958. The number of hydrogen-bond donors (Lipinski definition) is 0. The van der Waals surface area contributed by atoms with Gasteiger partial charge in [-0.3, -0.25) is 0 Å². The molecule has 0 aliphatic heterocycles. The van der Waals surface area contributed by atoms with Crippen molar-refractivity contribution >= 4 is 0 Å². The fourth-order valence-electron chi connectivity index (χ4n) is 3.80. The molecule has 0 saturated heterocycles. The van der Waals surface area contributed by atoms with Crippen LogP contribution in [-0.4, -0.2) is 66.1 Å². The number of rotatable bonds is 31. The average Bonchev–Trinajstić information content (AvgIpc) is 2.85. The van der Waals surface area contributed by atoms with Gasteiger partial charge in [0.05, 0.1) is 59.5 Å². The minimum atomic E-state index is 0.570. The summed E-state index contributed by atoms with van der Waals surface area (Å²) < 4.78 is 27.2. The van der Waals surface area contributed by atoms with Gasteiger partial charge in [0.25, 0.3) is 0 Å². The summed E-state index contributed by atoms with van der Waals surface area (Å²) in [5, 5.41) is 0. The molecule has 0 unspecified atom stereocenters. The molecule has 0 atom stereocenters. The third kappa shape index (κ3) is 31.5. The summed E-state index contributed by atoms with van der Waals surface area (Å²) in [6.45, 7) is 12.2. The van der Waals surface area contributed by atoms with Crippen LogP contribution in [0.25, 0.3) is 0 Å². The van der Waals surface area contributed by atoms with Crippen LogP contribution in [-0.2, 0) is 23.7 Å². The fourth-order valence-corrected chi connectivity index (χ4v) is 3.80. The van der Waals surface area contributed by atoms with E-state index in [1.807, 2.05) is 0 Å². The molecule has 0 aliphatic rings. The van der Waals surface area contributed by atoms with Crippen molar-refractivity contribution in [2.24, 2.45) is 0 Å². The highest BCUT2D eigenvalue weighted by molar-refractivity contribution is 4.63. The van der Waals surface area contributed by atoms with E-state index in [0.717, 1.165) is 6.61 Å². The zero-order valence-corrected chi connectivity index (χ0v) is 22.7. The summed E-state index contributed by atoms with van der Waals surface area (Å²) in [6, 6.07) is 0. The first-order valence-corrected chi connectivity index (χ1v) is 14.4. The first kappa shape index (κ1) is 33.5. The van der Waals surface area contributed by atoms with Gasteiger partial charge in [0.1, 0.15) is 0 Å². The molecule has 0 aromatic rings. The predicted molar refractivity (Wildman–Crippen MR) is 144 cm³/mol. The van der Waals surface area contributed by atoms with Crippen molar-refractivity contribution in [3.05, 3.63) is 12.7 Å². The van der Waals surface area contributed by atoms with E-state index in [1.165, 1.54) is 103 Å². The van der Waals surface area contributed by atoms with Crippen molar-refractivity contribution < 1.29 is 23.7 Å². The Hall–Kier alpha value is -0.460. The topological polar surface area (TPSA) is 46.2 Å². The van der Waals surface area contributed by atoms with Crippen LogP contribution < -0.4 is 0 Å². The highest BCUT2D eigenvalue weighted by atomic mass is 16.6. The molecule has 0 aromatic carbocycles. The summed E-state index contributed by atoms with van der Waals surface area (Å²) in [6.07, 6.45) is 24.1. The van der Waals surface area contributed by atoms with Crippen LogP contribution in [0.15, 0.2) is 12.7 Å². The highest BCUT2D eigenvalue weighted by Crippen LogP contribution is 2.13. The minimum Gasteiger partial charge on any atom is -0.379 e. The predicted octanol–water partition coefficient (Wildman–Crippen LogP) is 7.52. The van der Waals surface area contributed by atoms with E-state index in [1.54, 1.807) is 6.08 Å². The second-order valence-electron chi connectivity index (χ2n) is 9.12. The quantitative estimate of drug-likeness (QED) is 0.0749. The van der Waals surface area contributed by atoms with Gasteiger partial charge in [-0.1, -0.05) is 109 Å². The van der Waals surface area contributed by atoms with E-state index in [9.17, 15) is 0 Å². The molecule has 34 heavy (non-hydrogen) atoms. The Balaban J connectivity index is 3.00. The molecular formula is C29H58O5. The smallest absolute Gasteiger partial charge is 0.0704 e. The Morgan fingerprint density at radius 1 is 0.382 bits per heavy atom. The summed E-state index contributed by atoms with van der Waals surface area (Å²) in [7, 11) is 0. The molecular weight excluding hydrogens is 428 g/mol. The van der Waals surface area contributed by atoms with E-state index in [2.05, 4.69) is 13.5 Å². The van der Waals surface area contributed by atoms with Crippen molar-refractivity contribution in [2.75, 3.05) is 66.1 Å². The lowest BCUT2D eigenvalue weighted by atomic mass is 10.0. The normalized spacial score (nSPS) is 11.3. The van der Waals surface area contributed by atoms with Gasteiger partial charge < -0.3 is 23.7 Å². The van der Waals surface area contributed by atoms with Crippen LogP contribution in [0, 0.1) is 0 Å². The first-order valence-electron chi connectivity index (χ1n) is 14.4.